The zero-order chi connectivity index (χ0) is 24.0. The Kier molecular flexibility index (Phi) is 9.57. The lowest BCUT2D eigenvalue weighted by Gasteiger charge is -2.31. The van der Waals surface area contributed by atoms with Gasteiger partial charge >= 0.3 is 24.3 Å². The molecule has 2 saturated heterocycles. The molecule has 1 saturated carbocycles. The molecule has 0 aromatic carbocycles. The van der Waals surface area contributed by atoms with E-state index in [1.54, 1.807) is 0 Å². The average Bonchev–Trinajstić information content (AvgIpc) is 3.28. The Balaban J connectivity index is 0.000000288. The standard InChI is InChI=1S/C14H26N2O.2C2HF3O2/c1-15(2)9-14-10-16(13-5-3-4-6-13)7-12(14)8-17-11-14;2*3-2(4,5)1(6)7/h12-13H,3-11H2,1-2H3;2*(H,6,7)/t12-,14+;;/m1../s1. The van der Waals surface area contributed by atoms with Gasteiger partial charge in [0.15, 0.2) is 0 Å². The van der Waals surface area contributed by atoms with Crippen LogP contribution in [0.15, 0.2) is 0 Å². The van der Waals surface area contributed by atoms with Crippen LogP contribution in [0.5, 0.6) is 0 Å². The summed E-state index contributed by atoms with van der Waals surface area (Å²) in [4.78, 5) is 22.9. The molecule has 0 aromatic rings. The molecule has 0 amide bonds. The highest BCUT2D eigenvalue weighted by atomic mass is 19.4. The lowest BCUT2D eigenvalue weighted by molar-refractivity contribution is -0.193. The van der Waals surface area contributed by atoms with Gasteiger partial charge in [0, 0.05) is 37.0 Å². The van der Waals surface area contributed by atoms with Crippen molar-refractivity contribution in [1.29, 1.82) is 0 Å². The molecule has 3 rings (SSSR count). The molecule has 0 unspecified atom stereocenters. The van der Waals surface area contributed by atoms with Crippen LogP contribution >= 0.6 is 0 Å². The molecule has 3 fully saturated rings. The molecule has 2 N–H and O–H groups in total. The summed E-state index contributed by atoms with van der Waals surface area (Å²) in [6, 6.07) is 0.889. The van der Waals surface area contributed by atoms with Crippen LogP contribution in [0.3, 0.4) is 0 Å². The van der Waals surface area contributed by atoms with E-state index in [9.17, 15) is 26.3 Å². The van der Waals surface area contributed by atoms with E-state index < -0.39 is 24.3 Å². The van der Waals surface area contributed by atoms with Crippen LogP contribution in [0.25, 0.3) is 0 Å². The second-order valence-electron chi connectivity index (χ2n) is 8.29. The Morgan fingerprint density at radius 2 is 1.48 bits per heavy atom. The number of fused-ring (bicyclic) bond motifs is 1. The predicted octanol–water partition coefficient (Wildman–Crippen LogP) is 2.71. The number of carbonyl (C=O) groups is 2. The minimum absolute atomic E-state index is 0.437. The van der Waals surface area contributed by atoms with Crippen molar-refractivity contribution in [2.75, 3.05) is 46.9 Å². The first-order valence-corrected chi connectivity index (χ1v) is 9.65. The average molecular weight is 466 g/mol. The van der Waals surface area contributed by atoms with Crippen molar-refractivity contribution >= 4 is 11.9 Å². The van der Waals surface area contributed by atoms with Gasteiger partial charge in [0.2, 0.25) is 0 Å². The summed E-state index contributed by atoms with van der Waals surface area (Å²) < 4.78 is 69.2. The van der Waals surface area contributed by atoms with Crippen molar-refractivity contribution in [3.63, 3.8) is 0 Å². The van der Waals surface area contributed by atoms with Gasteiger partial charge in [-0.1, -0.05) is 12.8 Å². The summed E-state index contributed by atoms with van der Waals surface area (Å²) in [7, 11) is 4.39. The second kappa shape index (κ2) is 10.8. The molecule has 31 heavy (non-hydrogen) atoms. The van der Waals surface area contributed by atoms with Gasteiger partial charge in [-0.25, -0.2) is 9.59 Å². The first kappa shape index (κ1) is 27.4. The fourth-order valence-corrected chi connectivity index (χ4v) is 4.27. The number of hydrogen-bond acceptors (Lipinski definition) is 5. The summed E-state index contributed by atoms with van der Waals surface area (Å²) in [6.07, 6.45) is -4.40. The van der Waals surface area contributed by atoms with Gasteiger partial charge in [-0.2, -0.15) is 26.3 Å². The third-order valence-corrected chi connectivity index (χ3v) is 5.50. The number of hydrogen-bond donors (Lipinski definition) is 2. The molecule has 182 valence electrons. The Hall–Kier alpha value is -1.60. The molecule has 1 aliphatic carbocycles. The van der Waals surface area contributed by atoms with Crippen LogP contribution in [-0.2, 0) is 14.3 Å². The predicted molar refractivity (Wildman–Crippen MR) is 96.5 cm³/mol. The summed E-state index contributed by atoms with van der Waals surface area (Å²) >= 11 is 0. The highest BCUT2D eigenvalue weighted by Gasteiger charge is 2.52. The first-order valence-electron chi connectivity index (χ1n) is 9.65. The fraction of sp³-hybridized carbons (Fsp3) is 0.889. The molecular weight excluding hydrogens is 438 g/mol. The zero-order valence-corrected chi connectivity index (χ0v) is 17.3. The topological polar surface area (TPSA) is 90.3 Å². The van der Waals surface area contributed by atoms with Crippen molar-refractivity contribution in [3.05, 3.63) is 0 Å². The van der Waals surface area contributed by atoms with Crippen molar-refractivity contribution in [2.24, 2.45) is 11.3 Å². The van der Waals surface area contributed by atoms with Gasteiger partial charge < -0.3 is 19.8 Å². The van der Waals surface area contributed by atoms with Gasteiger partial charge in [0.05, 0.1) is 13.2 Å². The number of likely N-dealkylation sites (tertiary alicyclic amines) is 1. The molecule has 2 atom stereocenters. The molecule has 0 radical (unpaired) electrons. The fourth-order valence-electron chi connectivity index (χ4n) is 4.27. The summed E-state index contributed by atoms with van der Waals surface area (Å²) in [5.41, 5.74) is 0.437. The van der Waals surface area contributed by atoms with Crippen LogP contribution in [0.2, 0.25) is 0 Å². The van der Waals surface area contributed by atoms with Crippen LogP contribution in [-0.4, -0.2) is 97.3 Å². The Morgan fingerprint density at radius 3 is 1.87 bits per heavy atom. The molecule has 13 heteroatoms. The maximum atomic E-state index is 10.6. The third-order valence-electron chi connectivity index (χ3n) is 5.50. The summed E-state index contributed by atoms with van der Waals surface area (Å²) in [6.45, 7) is 5.75. The summed E-state index contributed by atoms with van der Waals surface area (Å²) in [5, 5.41) is 14.2. The van der Waals surface area contributed by atoms with Crippen LogP contribution in [0, 0.1) is 11.3 Å². The van der Waals surface area contributed by atoms with Gasteiger partial charge in [0.1, 0.15) is 0 Å². The monoisotopic (exact) mass is 466 g/mol. The van der Waals surface area contributed by atoms with E-state index in [0.717, 1.165) is 25.2 Å². The number of alkyl halides is 6. The number of ether oxygens (including phenoxy) is 1. The molecular formula is C18H28F6N2O5. The van der Waals surface area contributed by atoms with E-state index in [0.29, 0.717) is 5.41 Å². The van der Waals surface area contributed by atoms with Crippen LogP contribution in [0.4, 0.5) is 26.3 Å². The van der Waals surface area contributed by atoms with Crippen molar-refractivity contribution in [3.8, 4) is 0 Å². The zero-order valence-electron chi connectivity index (χ0n) is 17.3. The lowest BCUT2D eigenvalue weighted by Crippen LogP contribution is -2.41. The number of aliphatic carboxylic acids is 2. The molecule has 2 aliphatic heterocycles. The van der Waals surface area contributed by atoms with Gasteiger partial charge in [-0.15, -0.1) is 0 Å². The maximum absolute atomic E-state index is 10.6. The van der Waals surface area contributed by atoms with Gasteiger partial charge in [0.25, 0.3) is 0 Å². The highest BCUT2D eigenvalue weighted by Crippen LogP contribution is 2.44. The smallest absolute Gasteiger partial charge is 0.475 e. The van der Waals surface area contributed by atoms with Crippen LogP contribution in [0.1, 0.15) is 25.7 Å². The van der Waals surface area contributed by atoms with Crippen molar-refractivity contribution in [2.45, 2.75) is 44.1 Å². The lowest BCUT2D eigenvalue weighted by atomic mass is 9.81. The SMILES string of the molecule is CN(C)C[C@]12COC[C@H]1CN(C1CCCC1)C2.O=C(O)C(F)(F)F.O=C(O)C(F)(F)F. The number of nitrogens with zero attached hydrogens (tertiary/aromatic N) is 2. The van der Waals surface area contributed by atoms with E-state index >= 15 is 0 Å². The second-order valence-corrected chi connectivity index (χ2v) is 8.29. The Bertz CT molecular complexity index is 583. The molecule has 7 nitrogen and oxygen atoms in total. The molecule has 0 aromatic heterocycles. The minimum atomic E-state index is -5.08. The quantitative estimate of drug-likeness (QED) is 0.619. The van der Waals surface area contributed by atoms with E-state index in [1.807, 2.05) is 0 Å². The highest BCUT2D eigenvalue weighted by molar-refractivity contribution is 5.73. The minimum Gasteiger partial charge on any atom is -0.475 e. The molecule has 2 heterocycles. The Morgan fingerprint density at radius 1 is 1.03 bits per heavy atom. The van der Waals surface area contributed by atoms with Gasteiger partial charge in [-0.05, 0) is 26.9 Å². The van der Waals surface area contributed by atoms with Crippen molar-refractivity contribution < 1.29 is 50.9 Å². The van der Waals surface area contributed by atoms with E-state index in [2.05, 4.69) is 23.9 Å². The molecule has 0 bridgehead atoms. The van der Waals surface area contributed by atoms with E-state index in [1.165, 1.54) is 45.3 Å². The van der Waals surface area contributed by atoms with Crippen molar-refractivity contribution in [1.82, 2.24) is 9.80 Å². The number of rotatable bonds is 3. The largest absolute Gasteiger partial charge is 0.490 e. The van der Waals surface area contributed by atoms with E-state index in [4.69, 9.17) is 24.5 Å². The first-order chi connectivity index (χ1) is 14.1. The number of carboxylic acid groups (broad SMARTS) is 2. The van der Waals surface area contributed by atoms with Gasteiger partial charge in [-0.3, -0.25) is 4.90 Å². The number of halogens is 6. The normalized spacial score (nSPS) is 26.7. The molecule has 3 aliphatic rings. The van der Waals surface area contributed by atoms with Crippen LogP contribution < -0.4 is 0 Å². The molecule has 0 spiro atoms. The number of carboxylic acids is 2. The van der Waals surface area contributed by atoms with E-state index in [-0.39, 0.29) is 0 Å². The Labute approximate surface area is 175 Å². The maximum Gasteiger partial charge on any atom is 0.490 e. The third kappa shape index (κ3) is 8.45. The summed E-state index contributed by atoms with van der Waals surface area (Å²) in [5.74, 6) is -4.73.